The zero-order valence-electron chi connectivity index (χ0n) is 51.7. The summed E-state index contributed by atoms with van der Waals surface area (Å²) in [5, 5.41) is 1.94. The Morgan fingerprint density at radius 3 is 1.81 bits per heavy atom. The molecule has 0 bridgehead atoms. The van der Waals surface area contributed by atoms with E-state index in [1.54, 1.807) is 42.3 Å². The van der Waals surface area contributed by atoms with E-state index in [1.165, 1.54) is 0 Å². The highest BCUT2D eigenvalue weighted by molar-refractivity contribution is 6.11. The minimum absolute atomic E-state index is 0.115. The second-order valence-electron chi connectivity index (χ2n) is 20.9. The molecule has 0 fully saturated rings. The standard InChI is InChI=1S/C62H61N7O/c1-39-40(2)54(42-22-15-13-16-23-42)56(55(41(39)3)43-24-17-14-18-25-43)68-33-32-67(38-68)45-26-21-27-46(35-45)70-52-37-51-48(36-49(52)57-64-58(61(7,8)9)66-59(65-57)62(10,11)12)47-28-19-20-29-50(47)69(51)53-34-44(30-31-63-53)60(4,5)6/h13-37H,1-12H3/q+2/i13D,14D,15D,16D,17D,18D,22D,23D,24D,25D. The van der Waals surface area contributed by atoms with Crippen molar-refractivity contribution in [2.24, 2.45) is 0 Å². The van der Waals surface area contributed by atoms with Crippen molar-refractivity contribution in [3.8, 4) is 51.0 Å². The first kappa shape index (κ1) is 35.3. The molecule has 70 heavy (non-hydrogen) atoms. The lowest BCUT2D eigenvalue weighted by atomic mass is 9.85. The van der Waals surface area contributed by atoms with Crippen molar-refractivity contribution in [2.75, 3.05) is 0 Å². The molecule has 3 aromatic heterocycles. The van der Waals surface area contributed by atoms with Crippen LogP contribution in [0.5, 0.6) is 11.5 Å². The van der Waals surface area contributed by atoms with E-state index in [0.29, 0.717) is 56.9 Å². The average Bonchev–Trinajstić information content (AvgIpc) is 4.04. The third-order valence-corrected chi connectivity index (χ3v) is 12.8. The Morgan fingerprint density at radius 2 is 1.20 bits per heavy atom. The molecule has 4 heterocycles. The summed E-state index contributed by atoms with van der Waals surface area (Å²) in [5.41, 5.74) is 5.28. The summed E-state index contributed by atoms with van der Waals surface area (Å²) in [5.74, 6) is 3.35. The van der Waals surface area contributed by atoms with Gasteiger partial charge in [-0.1, -0.05) is 156 Å². The van der Waals surface area contributed by atoms with Gasteiger partial charge >= 0.3 is 6.01 Å². The maximum atomic E-state index is 9.18. The third kappa shape index (κ3) is 8.43. The van der Waals surface area contributed by atoms with E-state index in [0.717, 1.165) is 33.2 Å². The van der Waals surface area contributed by atoms with Crippen LogP contribution in [-0.2, 0) is 16.2 Å². The van der Waals surface area contributed by atoms with E-state index in [1.807, 2.05) is 54.7 Å². The summed E-state index contributed by atoms with van der Waals surface area (Å²) in [6, 6.07) is 22.1. The van der Waals surface area contributed by atoms with Gasteiger partial charge in [-0.2, -0.15) is 0 Å². The van der Waals surface area contributed by atoms with E-state index in [4.69, 9.17) is 32.9 Å². The van der Waals surface area contributed by atoms with Crippen LogP contribution in [0.2, 0.25) is 0 Å². The van der Waals surface area contributed by atoms with Crippen LogP contribution in [0.1, 0.15) is 110 Å². The minimum atomic E-state index is -0.569. The van der Waals surface area contributed by atoms with Crippen molar-refractivity contribution in [1.29, 1.82) is 0 Å². The van der Waals surface area contributed by atoms with E-state index in [9.17, 15) is 5.48 Å². The van der Waals surface area contributed by atoms with Crippen molar-refractivity contribution in [2.45, 2.75) is 99.3 Å². The van der Waals surface area contributed by atoms with Gasteiger partial charge in [0.1, 0.15) is 29.0 Å². The SMILES string of the molecule is [2H]c1c([2H])c([2H])c(-c2c(C)c(C)c(C)c(-c3c([2H])c([2H])c([2H])c([2H])c3[2H])c2[N+]2=C=[N+](c3cccc(Oc4cc5c(cc4-c4nc(C(C)(C)C)nc(C(C)(C)C)n4)c4ccccc4n5-c4cc(C(C)(C)C)ccn4)c3)C=C2)c([2H])c1[2H]. The Bertz CT molecular complexity index is 4060. The van der Waals surface area contributed by atoms with Gasteiger partial charge in [0.15, 0.2) is 5.82 Å². The summed E-state index contributed by atoms with van der Waals surface area (Å²) in [6.45, 7) is 24.3. The number of hydrogen-bond acceptors (Lipinski definition) is 5. The smallest absolute Gasteiger partial charge is 0.456 e. The highest BCUT2D eigenvalue weighted by Gasteiger charge is 2.33. The molecule has 0 radical (unpaired) electrons. The van der Waals surface area contributed by atoms with Crippen LogP contribution in [0.15, 0.2) is 152 Å². The number of para-hydroxylation sites is 1. The number of rotatable bonds is 8. The average molecular weight is 930 g/mol. The maximum Gasteiger partial charge on any atom is 0.501 e. The lowest BCUT2D eigenvalue weighted by molar-refractivity contribution is -0.386. The zero-order valence-corrected chi connectivity index (χ0v) is 41.7. The topological polar surface area (TPSA) is 71.7 Å². The molecular weight excluding hydrogens is 859 g/mol. The van der Waals surface area contributed by atoms with Crippen LogP contribution in [0, 0.1) is 20.8 Å². The number of nitrogens with zero attached hydrogens (tertiary/aromatic N) is 7. The summed E-state index contributed by atoms with van der Waals surface area (Å²) in [6.07, 6.45) is 5.24. The van der Waals surface area contributed by atoms with Gasteiger partial charge in [0.05, 0.1) is 47.5 Å². The predicted molar refractivity (Wildman–Crippen MR) is 286 cm³/mol. The first-order valence-electron chi connectivity index (χ1n) is 28.4. The molecule has 0 N–H and O–H groups in total. The molecule has 1 aliphatic heterocycles. The molecule has 0 aliphatic carbocycles. The Morgan fingerprint density at radius 1 is 0.586 bits per heavy atom. The second kappa shape index (κ2) is 17.3. The molecule has 0 unspecified atom stereocenters. The largest absolute Gasteiger partial charge is 0.501 e. The molecule has 9 aromatic rings. The van der Waals surface area contributed by atoms with E-state index in [2.05, 4.69) is 97.2 Å². The number of pyridine rings is 1. The molecule has 8 nitrogen and oxygen atoms in total. The van der Waals surface area contributed by atoms with E-state index in [-0.39, 0.29) is 33.4 Å². The predicted octanol–water partition coefficient (Wildman–Crippen LogP) is 15.6. The van der Waals surface area contributed by atoms with Crippen molar-refractivity contribution in [1.82, 2.24) is 24.5 Å². The second-order valence-corrected chi connectivity index (χ2v) is 20.9. The highest BCUT2D eigenvalue weighted by Crippen LogP contribution is 2.46. The van der Waals surface area contributed by atoms with Crippen LogP contribution < -0.4 is 4.74 Å². The number of aromatic nitrogens is 5. The van der Waals surface area contributed by atoms with Gasteiger partial charge < -0.3 is 4.74 Å². The maximum absolute atomic E-state index is 9.18. The fourth-order valence-electron chi connectivity index (χ4n) is 8.82. The molecule has 0 saturated heterocycles. The third-order valence-electron chi connectivity index (χ3n) is 12.8. The minimum Gasteiger partial charge on any atom is -0.456 e. The summed E-state index contributed by atoms with van der Waals surface area (Å²) in [7, 11) is 0. The molecule has 10 rings (SSSR count). The quantitative estimate of drug-likeness (QED) is 0.142. The molecule has 348 valence electrons. The Kier molecular flexibility index (Phi) is 8.74. The molecule has 0 amide bonds. The Hall–Kier alpha value is -7.80. The normalized spacial score (nSPS) is 15.0. The van der Waals surface area contributed by atoms with Gasteiger partial charge in [0.2, 0.25) is 11.4 Å². The summed E-state index contributed by atoms with van der Waals surface area (Å²) < 4.78 is 101. The molecule has 0 saturated carbocycles. The van der Waals surface area contributed by atoms with Gasteiger partial charge in [-0.05, 0) is 89.9 Å². The molecule has 6 aromatic carbocycles. The highest BCUT2D eigenvalue weighted by atomic mass is 16.5. The number of benzene rings is 6. The van der Waals surface area contributed by atoms with Crippen molar-refractivity contribution < 1.29 is 27.6 Å². The number of hydrogen-bond donors (Lipinski definition) is 0. The lowest BCUT2D eigenvalue weighted by Gasteiger charge is -2.23. The van der Waals surface area contributed by atoms with E-state index >= 15 is 0 Å². The Balaban J connectivity index is 1.22. The van der Waals surface area contributed by atoms with E-state index < -0.39 is 71.3 Å². The van der Waals surface area contributed by atoms with Crippen molar-refractivity contribution >= 4 is 39.2 Å². The van der Waals surface area contributed by atoms with Gasteiger partial charge in [0.25, 0.3) is 12.4 Å². The van der Waals surface area contributed by atoms with Crippen LogP contribution in [0.25, 0.3) is 61.3 Å². The Labute approximate surface area is 426 Å². The first-order valence-corrected chi connectivity index (χ1v) is 23.4. The molecular formula is C62H61N7O+2. The number of ether oxygens (including phenoxy) is 1. The van der Waals surface area contributed by atoms with Crippen LogP contribution >= 0.6 is 0 Å². The first-order chi connectivity index (χ1) is 37.5. The summed E-state index contributed by atoms with van der Waals surface area (Å²) >= 11 is 0. The lowest BCUT2D eigenvalue weighted by Crippen LogP contribution is -2.24. The molecule has 1 aliphatic rings. The molecule has 0 spiro atoms. The summed E-state index contributed by atoms with van der Waals surface area (Å²) in [4.78, 5) is 20.3. The fraction of sp³-hybridized carbons (Fsp3) is 0.242. The zero-order chi connectivity index (χ0) is 58.0. The van der Waals surface area contributed by atoms with Crippen molar-refractivity contribution in [3.63, 3.8) is 0 Å². The number of fused-ring (bicyclic) bond motifs is 3. The monoisotopic (exact) mass is 930 g/mol. The molecule has 8 heteroatoms. The fourth-order valence-corrected chi connectivity index (χ4v) is 8.82. The van der Waals surface area contributed by atoms with Crippen molar-refractivity contribution in [3.05, 3.63) is 186 Å². The van der Waals surface area contributed by atoms with Crippen LogP contribution in [0.4, 0.5) is 11.4 Å². The van der Waals surface area contributed by atoms with Gasteiger partial charge in [-0.15, -0.1) is 0 Å². The van der Waals surface area contributed by atoms with Gasteiger partial charge in [-0.25, -0.2) is 19.9 Å². The molecule has 0 atom stereocenters. The van der Waals surface area contributed by atoms with Gasteiger partial charge in [-0.3, -0.25) is 4.57 Å². The van der Waals surface area contributed by atoms with Gasteiger partial charge in [0, 0.05) is 39.9 Å². The van der Waals surface area contributed by atoms with Crippen LogP contribution in [-0.4, -0.2) is 39.7 Å². The van der Waals surface area contributed by atoms with Crippen LogP contribution in [0.3, 0.4) is 0 Å².